The van der Waals surface area contributed by atoms with Crippen LogP contribution in [0, 0.1) is 11.7 Å². The van der Waals surface area contributed by atoms with Crippen LogP contribution in [0.1, 0.15) is 38.3 Å². The van der Waals surface area contributed by atoms with E-state index in [1.54, 1.807) is 0 Å². The molecule has 1 unspecified atom stereocenters. The molecule has 1 heterocycles. The molecule has 0 aliphatic carbocycles. The van der Waals surface area contributed by atoms with Gasteiger partial charge in [-0.1, -0.05) is 6.92 Å². The van der Waals surface area contributed by atoms with Gasteiger partial charge in [0.05, 0.1) is 0 Å². The lowest BCUT2D eigenvalue weighted by atomic mass is 9.96. The maximum atomic E-state index is 13.4. The summed E-state index contributed by atoms with van der Waals surface area (Å²) in [4.78, 5) is 2.32. The Bertz CT molecular complexity index is 432. The molecule has 0 spiro atoms. The number of rotatable bonds is 5. The Kier molecular flexibility index (Phi) is 5.38. The molecule has 3 nitrogen and oxygen atoms in total. The number of hydrogen-bond acceptors (Lipinski definition) is 3. The van der Waals surface area contributed by atoms with Crippen LogP contribution in [0.15, 0.2) is 18.2 Å². The van der Waals surface area contributed by atoms with Crippen molar-refractivity contribution in [3.63, 3.8) is 0 Å². The number of phenolic OH excluding ortho intramolecular Hbond substituents is 1. The first-order chi connectivity index (χ1) is 9.61. The van der Waals surface area contributed by atoms with Gasteiger partial charge in [0, 0.05) is 18.2 Å². The quantitative estimate of drug-likeness (QED) is 0.870. The molecule has 2 N–H and O–H groups in total. The largest absolute Gasteiger partial charge is 0.508 e. The average Bonchev–Trinajstić information content (AvgIpc) is 2.47. The Balaban J connectivity index is 2.07. The first-order valence-corrected chi connectivity index (χ1v) is 7.55. The molecule has 0 bridgehead atoms. The minimum atomic E-state index is -0.289. The number of aromatic hydroxyl groups is 1. The number of halogens is 1. The van der Waals surface area contributed by atoms with Crippen molar-refractivity contribution >= 4 is 0 Å². The molecule has 1 saturated heterocycles. The molecule has 112 valence electrons. The van der Waals surface area contributed by atoms with Crippen molar-refractivity contribution in [1.82, 2.24) is 10.2 Å². The van der Waals surface area contributed by atoms with Crippen molar-refractivity contribution in [2.75, 3.05) is 26.2 Å². The number of nitrogens with zero attached hydrogens (tertiary/aromatic N) is 1. The third kappa shape index (κ3) is 3.70. The van der Waals surface area contributed by atoms with Crippen LogP contribution in [0.25, 0.3) is 0 Å². The smallest absolute Gasteiger partial charge is 0.123 e. The monoisotopic (exact) mass is 280 g/mol. The van der Waals surface area contributed by atoms with E-state index in [1.807, 2.05) is 6.92 Å². The zero-order chi connectivity index (χ0) is 14.5. The van der Waals surface area contributed by atoms with Gasteiger partial charge < -0.3 is 10.4 Å². The molecule has 0 saturated carbocycles. The van der Waals surface area contributed by atoms with E-state index < -0.39 is 0 Å². The van der Waals surface area contributed by atoms with Crippen LogP contribution >= 0.6 is 0 Å². The summed E-state index contributed by atoms with van der Waals surface area (Å²) < 4.78 is 13.4. The van der Waals surface area contributed by atoms with Crippen molar-refractivity contribution in [2.24, 2.45) is 5.92 Å². The lowest BCUT2D eigenvalue weighted by molar-refractivity contribution is 0.166. The summed E-state index contributed by atoms with van der Waals surface area (Å²) in [5.41, 5.74) is 0.681. The Morgan fingerprint density at radius 2 is 2.10 bits per heavy atom. The Labute approximate surface area is 120 Å². The molecule has 20 heavy (non-hydrogen) atoms. The van der Waals surface area contributed by atoms with E-state index in [4.69, 9.17) is 0 Å². The van der Waals surface area contributed by atoms with Crippen LogP contribution in [0.3, 0.4) is 0 Å². The van der Waals surface area contributed by atoms with Gasteiger partial charge in [-0.05, 0) is 63.5 Å². The van der Waals surface area contributed by atoms with Crippen molar-refractivity contribution < 1.29 is 9.50 Å². The number of benzene rings is 1. The molecule has 1 fully saturated rings. The predicted molar refractivity (Wildman–Crippen MR) is 79.3 cm³/mol. The second-order valence-electron chi connectivity index (χ2n) is 5.66. The highest BCUT2D eigenvalue weighted by atomic mass is 19.1. The Morgan fingerprint density at radius 3 is 2.75 bits per heavy atom. The van der Waals surface area contributed by atoms with E-state index in [9.17, 15) is 9.50 Å². The van der Waals surface area contributed by atoms with Crippen LogP contribution in [-0.2, 0) is 0 Å². The fourth-order valence-corrected chi connectivity index (χ4v) is 3.01. The lowest BCUT2D eigenvalue weighted by Gasteiger charge is -2.33. The van der Waals surface area contributed by atoms with Crippen LogP contribution < -0.4 is 5.32 Å². The normalized spacial score (nSPS) is 18.4. The zero-order valence-corrected chi connectivity index (χ0v) is 12.4. The molecule has 2 rings (SSSR count). The molecule has 0 radical (unpaired) electrons. The second-order valence-corrected chi connectivity index (χ2v) is 5.66. The highest BCUT2D eigenvalue weighted by Crippen LogP contribution is 2.30. The van der Waals surface area contributed by atoms with E-state index in [2.05, 4.69) is 17.1 Å². The van der Waals surface area contributed by atoms with E-state index in [-0.39, 0.29) is 17.6 Å². The van der Waals surface area contributed by atoms with Gasteiger partial charge in [-0.25, -0.2) is 4.39 Å². The summed E-state index contributed by atoms with van der Waals surface area (Å²) in [6.45, 7) is 8.24. The van der Waals surface area contributed by atoms with E-state index in [0.717, 1.165) is 26.2 Å². The number of nitrogens with one attached hydrogen (secondary N) is 1. The number of hydrogen-bond donors (Lipinski definition) is 2. The SMILES string of the molecule is CCN(CC1CCNCC1)C(C)c1cc(F)ccc1O. The maximum absolute atomic E-state index is 13.4. The molecule has 1 aromatic rings. The van der Waals surface area contributed by atoms with E-state index in [1.165, 1.54) is 31.0 Å². The van der Waals surface area contributed by atoms with Gasteiger partial charge in [0.15, 0.2) is 0 Å². The molecular formula is C16H25FN2O. The maximum Gasteiger partial charge on any atom is 0.123 e. The topological polar surface area (TPSA) is 35.5 Å². The molecule has 4 heteroatoms. The lowest BCUT2D eigenvalue weighted by Crippen LogP contribution is -2.37. The fourth-order valence-electron chi connectivity index (χ4n) is 3.01. The molecule has 1 aliphatic heterocycles. The van der Waals surface area contributed by atoms with Crippen molar-refractivity contribution in [3.05, 3.63) is 29.6 Å². The fraction of sp³-hybridized carbons (Fsp3) is 0.625. The number of piperidine rings is 1. The summed E-state index contributed by atoms with van der Waals surface area (Å²) in [5.74, 6) is 0.583. The summed E-state index contributed by atoms with van der Waals surface area (Å²) in [6.07, 6.45) is 2.39. The summed E-state index contributed by atoms with van der Waals surface area (Å²) in [6, 6.07) is 4.23. The van der Waals surface area contributed by atoms with Crippen LogP contribution in [0.2, 0.25) is 0 Å². The summed E-state index contributed by atoms with van der Waals surface area (Å²) >= 11 is 0. The van der Waals surface area contributed by atoms with Crippen molar-refractivity contribution in [1.29, 1.82) is 0 Å². The third-order valence-corrected chi connectivity index (χ3v) is 4.35. The van der Waals surface area contributed by atoms with Gasteiger partial charge in [-0.3, -0.25) is 4.90 Å². The van der Waals surface area contributed by atoms with Crippen LogP contribution in [-0.4, -0.2) is 36.2 Å². The predicted octanol–water partition coefficient (Wildman–Crippen LogP) is 2.91. The minimum Gasteiger partial charge on any atom is -0.508 e. The van der Waals surface area contributed by atoms with Crippen molar-refractivity contribution in [3.8, 4) is 5.75 Å². The Morgan fingerprint density at radius 1 is 1.40 bits per heavy atom. The highest BCUT2D eigenvalue weighted by Gasteiger charge is 2.22. The van der Waals surface area contributed by atoms with Crippen LogP contribution in [0.5, 0.6) is 5.75 Å². The van der Waals surface area contributed by atoms with Gasteiger partial charge >= 0.3 is 0 Å². The first-order valence-electron chi connectivity index (χ1n) is 7.55. The molecule has 1 atom stereocenters. The van der Waals surface area contributed by atoms with Gasteiger partial charge in [-0.15, -0.1) is 0 Å². The van der Waals surface area contributed by atoms with Gasteiger partial charge in [-0.2, -0.15) is 0 Å². The first kappa shape index (κ1) is 15.3. The molecule has 1 aliphatic rings. The third-order valence-electron chi connectivity index (χ3n) is 4.35. The van der Waals surface area contributed by atoms with Crippen molar-refractivity contribution in [2.45, 2.75) is 32.7 Å². The van der Waals surface area contributed by atoms with Crippen LogP contribution in [0.4, 0.5) is 4.39 Å². The highest BCUT2D eigenvalue weighted by molar-refractivity contribution is 5.34. The summed E-state index contributed by atoms with van der Waals surface area (Å²) in [7, 11) is 0. The van der Waals surface area contributed by atoms with E-state index >= 15 is 0 Å². The summed E-state index contributed by atoms with van der Waals surface area (Å²) in [5, 5.41) is 13.3. The average molecular weight is 280 g/mol. The zero-order valence-electron chi connectivity index (χ0n) is 12.4. The Hall–Kier alpha value is -1.13. The minimum absolute atomic E-state index is 0.0329. The van der Waals surface area contributed by atoms with Gasteiger partial charge in [0.1, 0.15) is 11.6 Å². The van der Waals surface area contributed by atoms with E-state index in [0.29, 0.717) is 11.5 Å². The molecule has 0 amide bonds. The molecular weight excluding hydrogens is 255 g/mol. The number of phenols is 1. The molecule has 1 aromatic carbocycles. The second kappa shape index (κ2) is 7.04. The standard InChI is InChI=1S/C16H25FN2O/c1-3-19(11-13-6-8-18-9-7-13)12(2)15-10-14(17)4-5-16(15)20/h4-5,10,12-13,18,20H,3,6-9,11H2,1-2H3. The molecule has 0 aromatic heterocycles. The van der Waals surface area contributed by atoms with Gasteiger partial charge in [0.2, 0.25) is 0 Å². The van der Waals surface area contributed by atoms with Gasteiger partial charge in [0.25, 0.3) is 0 Å².